The number of nitrogens with one attached hydrogen (secondary N) is 2. The van der Waals surface area contributed by atoms with Gasteiger partial charge in [0.1, 0.15) is 6.54 Å². The lowest BCUT2D eigenvalue weighted by Crippen LogP contribution is -2.44. The van der Waals surface area contributed by atoms with Gasteiger partial charge in [-0.2, -0.15) is 0 Å². The van der Waals surface area contributed by atoms with Crippen molar-refractivity contribution >= 4 is 11.9 Å². The zero-order valence-corrected chi connectivity index (χ0v) is 16.3. The van der Waals surface area contributed by atoms with Crippen LogP contribution in [0.4, 0.5) is 0 Å². The summed E-state index contributed by atoms with van der Waals surface area (Å²) in [5.74, 6) is 1.64. The average molecular weight is 340 g/mol. The van der Waals surface area contributed by atoms with Gasteiger partial charge >= 0.3 is 0 Å². The van der Waals surface area contributed by atoms with Crippen LogP contribution in [0, 0.1) is 5.92 Å². The Morgan fingerprint density at radius 3 is 2.58 bits per heavy atom. The summed E-state index contributed by atoms with van der Waals surface area (Å²) in [7, 11) is 3.51. The van der Waals surface area contributed by atoms with Crippen LogP contribution in [0.1, 0.15) is 46.5 Å². The van der Waals surface area contributed by atoms with Crippen LogP contribution in [-0.2, 0) is 4.79 Å². The largest absolute Gasteiger partial charge is 0.356 e. The predicted molar refractivity (Wildman–Crippen MR) is 101 cm³/mol. The second-order valence-corrected chi connectivity index (χ2v) is 7.21. The molecule has 1 unspecified atom stereocenters. The van der Waals surface area contributed by atoms with Crippen LogP contribution in [0.25, 0.3) is 0 Å². The van der Waals surface area contributed by atoms with E-state index >= 15 is 0 Å². The summed E-state index contributed by atoms with van der Waals surface area (Å²) >= 11 is 0. The summed E-state index contributed by atoms with van der Waals surface area (Å²) in [6.07, 6.45) is 4.76. The third kappa shape index (κ3) is 8.52. The van der Waals surface area contributed by atoms with E-state index in [1.165, 1.54) is 25.9 Å². The molecule has 0 aromatic heterocycles. The topological polar surface area (TPSA) is 60.0 Å². The standard InChI is InChI=1S/C18H37N5O/c1-6-16(3)21-18(20-14-17(24)22(4)5)19-10-7-11-23-12-8-15(2)9-13-23/h15-16H,6-14H2,1-5H3,(H2,19,20,21). The van der Waals surface area contributed by atoms with Crippen molar-refractivity contribution in [3.63, 3.8) is 0 Å². The molecule has 1 amide bonds. The number of nitrogens with zero attached hydrogens (tertiary/aromatic N) is 3. The highest BCUT2D eigenvalue weighted by molar-refractivity contribution is 5.84. The first-order valence-electron chi connectivity index (χ1n) is 9.39. The Labute approximate surface area is 148 Å². The van der Waals surface area contributed by atoms with Gasteiger partial charge in [0.05, 0.1) is 0 Å². The summed E-state index contributed by atoms with van der Waals surface area (Å²) in [6.45, 7) is 11.3. The molecule has 0 radical (unpaired) electrons. The van der Waals surface area contributed by atoms with Gasteiger partial charge in [-0.3, -0.25) is 4.79 Å². The van der Waals surface area contributed by atoms with Crippen molar-refractivity contribution in [1.82, 2.24) is 20.4 Å². The first-order valence-corrected chi connectivity index (χ1v) is 9.39. The van der Waals surface area contributed by atoms with E-state index in [1.807, 2.05) is 0 Å². The van der Waals surface area contributed by atoms with E-state index in [9.17, 15) is 4.79 Å². The Morgan fingerprint density at radius 1 is 1.33 bits per heavy atom. The molecule has 0 aromatic rings. The highest BCUT2D eigenvalue weighted by Crippen LogP contribution is 2.15. The molecule has 6 heteroatoms. The molecule has 1 heterocycles. The zero-order chi connectivity index (χ0) is 17.9. The van der Waals surface area contributed by atoms with Crippen molar-refractivity contribution < 1.29 is 4.79 Å². The van der Waals surface area contributed by atoms with E-state index in [2.05, 4.69) is 41.3 Å². The van der Waals surface area contributed by atoms with Gasteiger partial charge in [-0.25, -0.2) is 4.99 Å². The molecular weight excluding hydrogens is 302 g/mol. The molecule has 24 heavy (non-hydrogen) atoms. The van der Waals surface area contributed by atoms with Gasteiger partial charge in [0.25, 0.3) is 0 Å². The lowest BCUT2D eigenvalue weighted by Gasteiger charge is -2.30. The fraction of sp³-hybridized carbons (Fsp3) is 0.889. The van der Waals surface area contributed by atoms with Crippen molar-refractivity contribution in [1.29, 1.82) is 0 Å². The van der Waals surface area contributed by atoms with Crippen LogP contribution >= 0.6 is 0 Å². The Kier molecular flexibility index (Phi) is 9.76. The molecule has 0 saturated carbocycles. The fourth-order valence-electron chi connectivity index (χ4n) is 2.57. The zero-order valence-electron chi connectivity index (χ0n) is 16.3. The fourth-order valence-corrected chi connectivity index (χ4v) is 2.57. The number of likely N-dealkylation sites (tertiary alicyclic amines) is 1. The predicted octanol–water partition coefficient (Wildman–Crippen LogP) is 1.53. The van der Waals surface area contributed by atoms with Crippen molar-refractivity contribution in [2.24, 2.45) is 10.9 Å². The maximum absolute atomic E-state index is 11.7. The van der Waals surface area contributed by atoms with Gasteiger partial charge in [-0.15, -0.1) is 0 Å². The summed E-state index contributed by atoms with van der Waals surface area (Å²) in [5, 5.41) is 6.73. The second-order valence-electron chi connectivity index (χ2n) is 7.21. The minimum Gasteiger partial charge on any atom is -0.356 e. The van der Waals surface area contributed by atoms with Crippen LogP contribution in [0.2, 0.25) is 0 Å². The molecule has 1 fully saturated rings. The smallest absolute Gasteiger partial charge is 0.243 e. The summed E-state index contributed by atoms with van der Waals surface area (Å²) < 4.78 is 0. The van der Waals surface area contributed by atoms with Gasteiger partial charge in [-0.05, 0) is 58.2 Å². The first-order chi connectivity index (χ1) is 11.4. The molecule has 1 rings (SSSR count). The number of rotatable bonds is 8. The van der Waals surface area contributed by atoms with Crippen molar-refractivity contribution in [2.45, 2.75) is 52.5 Å². The third-order valence-electron chi connectivity index (χ3n) is 4.69. The molecular formula is C18H37N5O. The number of aliphatic imine (C=N–C) groups is 1. The van der Waals surface area contributed by atoms with Gasteiger partial charge in [0.15, 0.2) is 5.96 Å². The van der Waals surface area contributed by atoms with E-state index in [0.29, 0.717) is 6.04 Å². The molecule has 0 spiro atoms. The van der Waals surface area contributed by atoms with Crippen molar-refractivity contribution in [2.75, 3.05) is 46.8 Å². The Hall–Kier alpha value is -1.30. The maximum Gasteiger partial charge on any atom is 0.243 e. The Bertz CT molecular complexity index is 389. The lowest BCUT2D eigenvalue weighted by molar-refractivity contribution is -0.127. The number of piperidine rings is 1. The molecule has 140 valence electrons. The molecule has 0 aliphatic carbocycles. The normalized spacial score (nSPS) is 18.3. The Balaban J connectivity index is 2.35. The SMILES string of the molecule is CCC(C)NC(=NCC(=O)N(C)C)NCCCN1CCC(C)CC1. The monoisotopic (exact) mass is 339 g/mol. The maximum atomic E-state index is 11.7. The highest BCUT2D eigenvalue weighted by Gasteiger charge is 2.14. The Morgan fingerprint density at radius 2 is 2.00 bits per heavy atom. The van der Waals surface area contributed by atoms with E-state index in [0.717, 1.165) is 37.8 Å². The van der Waals surface area contributed by atoms with Crippen molar-refractivity contribution in [3.05, 3.63) is 0 Å². The summed E-state index contributed by atoms with van der Waals surface area (Å²) in [6, 6.07) is 0.342. The minimum atomic E-state index is 0.0164. The van der Waals surface area contributed by atoms with E-state index in [-0.39, 0.29) is 12.5 Å². The minimum absolute atomic E-state index is 0.0164. The molecule has 2 N–H and O–H groups in total. The van der Waals surface area contributed by atoms with Gasteiger partial charge < -0.3 is 20.4 Å². The quantitative estimate of drug-likeness (QED) is 0.400. The van der Waals surface area contributed by atoms with Crippen LogP contribution in [0.15, 0.2) is 4.99 Å². The number of carbonyl (C=O) groups excluding carboxylic acids is 1. The van der Waals surface area contributed by atoms with Gasteiger partial charge in [-0.1, -0.05) is 13.8 Å². The average Bonchev–Trinajstić information content (AvgIpc) is 2.57. The third-order valence-corrected chi connectivity index (χ3v) is 4.69. The molecule has 1 atom stereocenters. The summed E-state index contributed by atoms with van der Waals surface area (Å²) in [5.41, 5.74) is 0. The van der Waals surface area contributed by atoms with Crippen LogP contribution < -0.4 is 10.6 Å². The molecule has 1 aliphatic rings. The van der Waals surface area contributed by atoms with E-state index in [4.69, 9.17) is 0 Å². The van der Waals surface area contributed by atoms with E-state index in [1.54, 1.807) is 19.0 Å². The molecule has 6 nitrogen and oxygen atoms in total. The number of likely N-dealkylation sites (N-methyl/N-ethyl adjacent to an activating group) is 1. The van der Waals surface area contributed by atoms with Crippen LogP contribution in [0.5, 0.6) is 0 Å². The highest BCUT2D eigenvalue weighted by atomic mass is 16.2. The van der Waals surface area contributed by atoms with Crippen LogP contribution in [0.3, 0.4) is 0 Å². The molecule has 0 aromatic carbocycles. The van der Waals surface area contributed by atoms with Crippen LogP contribution in [-0.4, -0.2) is 74.5 Å². The molecule has 1 aliphatic heterocycles. The number of carbonyl (C=O) groups is 1. The van der Waals surface area contributed by atoms with Gasteiger partial charge in [0.2, 0.25) is 5.91 Å². The summed E-state index contributed by atoms with van der Waals surface area (Å²) in [4.78, 5) is 20.3. The number of hydrogen-bond donors (Lipinski definition) is 2. The van der Waals surface area contributed by atoms with Crippen molar-refractivity contribution in [3.8, 4) is 0 Å². The van der Waals surface area contributed by atoms with Gasteiger partial charge in [0, 0.05) is 26.7 Å². The number of amides is 1. The first kappa shape index (κ1) is 20.7. The second kappa shape index (κ2) is 11.3. The number of guanidine groups is 1. The van der Waals surface area contributed by atoms with E-state index < -0.39 is 0 Å². The number of hydrogen-bond acceptors (Lipinski definition) is 3. The molecule has 1 saturated heterocycles. The lowest BCUT2D eigenvalue weighted by atomic mass is 9.99. The molecule has 0 bridgehead atoms.